The molecule has 3 aromatic carbocycles. The zero-order valence-electron chi connectivity index (χ0n) is 17.1. The van der Waals surface area contributed by atoms with Crippen LogP contribution in [0.25, 0.3) is 11.1 Å². The maximum atomic E-state index is 12.7. The van der Waals surface area contributed by atoms with E-state index >= 15 is 0 Å². The lowest BCUT2D eigenvalue weighted by molar-refractivity contribution is -0.128. The normalized spacial score (nSPS) is 14.0. The van der Waals surface area contributed by atoms with E-state index < -0.39 is 17.5 Å². The third-order valence-corrected chi connectivity index (χ3v) is 5.56. The van der Waals surface area contributed by atoms with Crippen LogP contribution in [0, 0.1) is 6.92 Å². The van der Waals surface area contributed by atoms with E-state index in [9.17, 15) is 14.4 Å². The lowest BCUT2D eigenvalue weighted by Gasteiger charge is -2.15. The molecule has 1 saturated carbocycles. The van der Waals surface area contributed by atoms with Gasteiger partial charge < -0.3 is 16.2 Å². The average molecular weight is 414 g/mol. The maximum Gasteiger partial charge on any atom is 0.339 e. The van der Waals surface area contributed by atoms with Crippen molar-refractivity contribution >= 4 is 23.3 Å². The Morgan fingerprint density at radius 3 is 2.23 bits per heavy atom. The van der Waals surface area contributed by atoms with E-state index in [1.807, 2.05) is 13.0 Å². The fourth-order valence-corrected chi connectivity index (χ4v) is 3.49. The first kappa shape index (κ1) is 20.3. The molecule has 156 valence electrons. The molecule has 0 aliphatic heterocycles. The minimum atomic E-state index is -1.17. The molecule has 1 aliphatic carbocycles. The van der Waals surface area contributed by atoms with Gasteiger partial charge in [0.25, 0.3) is 5.91 Å². The first-order valence-electron chi connectivity index (χ1n) is 9.94. The van der Waals surface area contributed by atoms with Gasteiger partial charge in [0.15, 0.2) is 11.4 Å². The molecule has 1 amide bonds. The summed E-state index contributed by atoms with van der Waals surface area (Å²) in [5, 5.41) is 0. The summed E-state index contributed by atoms with van der Waals surface area (Å²) in [5.41, 5.74) is 14.5. The van der Waals surface area contributed by atoms with Crippen molar-refractivity contribution < 1.29 is 19.1 Å². The minimum Gasteiger partial charge on any atom is -0.445 e. The molecule has 0 spiro atoms. The third-order valence-electron chi connectivity index (χ3n) is 5.56. The Balaban J connectivity index is 1.63. The third kappa shape index (κ3) is 3.92. The van der Waals surface area contributed by atoms with Crippen molar-refractivity contribution in [1.82, 2.24) is 0 Å². The van der Waals surface area contributed by atoms with E-state index in [1.54, 1.807) is 60.7 Å². The summed E-state index contributed by atoms with van der Waals surface area (Å²) < 4.78 is 5.37. The molecule has 0 heterocycles. The van der Waals surface area contributed by atoms with Gasteiger partial charge in [-0.2, -0.15) is 0 Å². The molecule has 0 atom stereocenters. The van der Waals surface area contributed by atoms with Crippen LogP contribution in [0.1, 0.15) is 44.7 Å². The van der Waals surface area contributed by atoms with Crippen LogP contribution in [0.15, 0.2) is 66.7 Å². The van der Waals surface area contributed by atoms with Gasteiger partial charge in [0.05, 0.1) is 5.56 Å². The molecule has 0 saturated heterocycles. The quantitative estimate of drug-likeness (QED) is 0.363. The van der Waals surface area contributed by atoms with Gasteiger partial charge in [-0.05, 0) is 47.9 Å². The first-order chi connectivity index (χ1) is 14.8. The number of hydrogen-bond acceptors (Lipinski definition) is 5. The molecule has 6 nitrogen and oxygen atoms in total. The molecule has 0 unspecified atom stereocenters. The van der Waals surface area contributed by atoms with Crippen molar-refractivity contribution in [3.63, 3.8) is 0 Å². The summed E-state index contributed by atoms with van der Waals surface area (Å²) in [7, 11) is 0. The number of esters is 1. The minimum absolute atomic E-state index is 0.153. The fourth-order valence-electron chi connectivity index (χ4n) is 3.49. The largest absolute Gasteiger partial charge is 0.445 e. The molecular weight excluding hydrogens is 392 g/mol. The van der Waals surface area contributed by atoms with Crippen molar-refractivity contribution in [2.24, 2.45) is 5.73 Å². The molecule has 1 fully saturated rings. The van der Waals surface area contributed by atoms with Gasteiger partial charge in [0, 0.05) is 29.7 Å². The van der Waals surface area contributed by atoms with Crippen LogP contribution in [-0.4, -0.2) is 23.3 Å². The summed E-state index contributed by atoms with van der Waals surface area (Å²) in [6.45, 7) is 1.91. The molecular formula is C25H22N2O4. The van der Waals surface area contributed by atoms with Gasteiger partial charge in [0.1, 0.15) is 0 Å². The maximum absolute atomic E-state index is 12.7. The van der Waals surface area contributed by atoms with Gasteiger partial charge in [0.2, 0.25) is 0 Å². The van der Waals surface area contributed by atoms with Gasteiger partial charge in [-0.3, -0.25) is 9.59 Å². The average Bonchev–Trinajstić information content (AvgIpc) is 3.55. The second-order valence-electron chi connectivity index (χ2n) is 7.77. The predicted octanol–water partition coefficient (Wildman–Crippen LogP) is 3.65. The molecule has 0 bridgehead atoms. The van der Waals surface area contributed by atoms with Gasteiger partial charge in [-0.1, -0.05) is 42.5 Å². The first-order valence-corrected chi connectivity index (χ1v) is 9.94. The molecule has 0 aromatic heterocycles. The second kappa shape index (κ2) is 7.72. The number of ketones is 1. The van der Waals surface area contributed by atoms with Crippen molar-refractivity contribution in [3.05, 3.63) is 89.0 Å². The zero-order chi connectivity index (χ0) is 22.2. The number of aryl methyl sites for hydroxylation is 1. The standard InChI is InChI=1S/C25H22N2O4/c1-15-7-8-18(23(29)31-25(11-12-25)24(27)30)13-20(15)17-9-10-19(21(26)14-17)22(28)16-5-3-2-4-6-16/h2-10,13-14H,11-12,26H2,1H3,(H2,27,30). The highest BCUT2D eigenvalue weighted by Gasteiger charge is 2.53. The number of rotatable bonds is 6. The number of benzene rings is 3. The Hall–Kier alpha value is -3.93. The molecule has 31 heavy (non-hydrogen) atoms. The molecule has 6 heteroatoms. The summed E-state index contributed by atoms with van der Waals surface area (Å²) >= 11 is 0. The van der Waals surface area contributed by atoms with E-state index in [-0.39, 0.29) is 5.78 Å². The number of carbonyl (C=O) groups is 3. The van der Waals surface area contributed by atoms with Crippen molar-refractivity contribution in [2.45, 2.75) is 25.4 Å². The van der Waals surface area contributed by atoms with Gasteiger partial charge >= 0.3 is 5.97 Å². The number of nitrogen functional groups attached to an aromatic ring is 1. The summed E-state index contributed by atoms with van der Waals surface area (Å²) in [6, 6.07) is 19.3. The summed E-state index contributed by atoms with van der Waals surface area (Å²) in [6.07, 6.45) is 0.889. The molecule has 4 rings (SSSR count). The van der Waals surface area contributed by atoms with Gasteiger partial charge in [-0.25, -0.2) is 4.79 Å². The van der Waals surface area contributed by atoms with Crippen LogP contribution >= 0.6 is 0 Å². The van der Waals surface area contributed by atoms with E-state index in [0.29, 0.717) is 35.2 Å². The van der Waals surface area contributed by atoms with Crippen LogP contribution in [0.4, 0.5) is 5.69 Å². The predicted molar refractivity (Wildman–Crippen MR) is 117 cm³/mol. The molecule has 4 N–H and O–H groups in total. The Morgan fingerprint density at radius 2 is 1.61 bits per heavy atom. The highest BCUT2D eigenvalue weighted by molar-refractivity contribution is 6.12. The van der Waals surface area contributed by atoms with Crippen LogP contribution in [-0.2, 0) is 9.53 Å². The van der Waals surface area contributed by atoms with Crippen LogP contribution in [0.2, 0.25) is 0 Å². The van der Waals surface area contributed by atoms with Crippen LogP contribution in [0.5, 0.6) is 0 Å². The Kier molecular flexibility index (Phi) is 5.07. The van der Waals surface area contributed by atoms with E-state index in [1.165, 1.54) is 0 Å². The lowest BCUT2D eigenvalue weighted by atomic mass is 9.94. The number of carbonyl (C=O) groups excluding carboxylic acids is 3. The highest BCUT2D eigenvalue weighted by atomic mass is 16.6. The molecule has 1 aliphatic rings. The van der Waals surface area contributed by atoms with Crippen molar-refractivity contribution in [1.29, 1.82) is 0 Å². The number of ether oxygens (including phenoxy) is 1. The lowest BCUT2D eigenvalue weighted by Crippen LogP contribution is -2.35. The fraction of sp³-hybridized carbons (Fsp3) is 0.160. The topological polar surface area (TPSA) is 112 Å². The van der Waals surface area contributed by atoms with Crippen molar-refractivity contribution in [2.75, 3.05) is 5.73 Å². The second-order valence-corrected chi connectivity index (χ2v) is 7.77. The van der Waals surface area contributed by atoms with E-state index in [2.05, 4.69) is 0 Å². The number of nitrogens with two attached hydrogens (primary N) is 2. The highest BCUT2D eigenvalue weighted by Crippen LogP contribution is 2.40. The number of primary amides is 1. The molecule has 3 aromatic rings. The van der Waals surface area contributed by atoms with Crippen LogP contribution < -0.4 is 11.5 Å². The number of anilines is 1. The van der Waals surface area contributed by atoms with Crippen LogP contribution in [0.3, 0.4) is 0 Å². The number of amides is 1. The monoisotopic (exact) mass is 414 g/mol. The Bertz CT molecular complexity index is 1200. The molecule has 0 radical (unpaired) electrons. The summed E-state index contributed by atoms with van der Waals surface area (Å²) in [4.78, 5) is 36.8. The summed E-state index contributed by atoms with van der Waals surface area (Å²) in [5.74, 6) is -1.37. The smallest absolute Gasteiger partial charge is 0.339 e. The SMILES string of the molecule is Cc1ccc(C(=O)OC2(C(N)=O)CC2)cc1-c1ccc(C(=O)c2ccccc2)c(N)c1. The number of hydrogen-bond donors (Lipinski definition) is 2. The van der Waals surface area contributed by atoms with Crippen molar-refractivity contribution in [3.8, 4) is 11.1 Å². The van der Waals surface area contributed by atoms with E-state index in [0.717, 1.165) is 16.7 Å². The Morgan fingerprint density at radius 1 is 0.903 bits per heavy atom. The van der Waals surface area contributed by atoms with Gasteiger partial charge in [-0.15, -0.1) is 0 Å². The van der Waals surface area contributed by atoms with E-state index in [4.69, 9.17) is 16.2 Å². The Labute approximate surface area is 179 Å². The zero-order valence-corrected chi connectivity index (χ0v) is 17.1.